The lowest BCUT2D eigenvalue weighted by Crippen LogP contribution is -2.39. The van der Waals surface area contributed by atoms with Crippen molar-refractivity contribution < 1.29 is 18.7 Å². The van der Waals surface area contributed by atoms with Gasteiger partial charge in [-0.15, -0.1) is 0 Å². The molecule has 0 saturated carbocycles. The molecule has 1 atom stereocenters. The molecule has 0 spiro atoms. The largest absolute Gasteiger partial charge is 0.394 e. The van der Waals surface area contributed by atoms with Gasteiger partial charge in [0.05, 0.1) is 19.2 Å². The SMILES string of the molecule is O=C(c1cc2ccccc2c(=O)[nH]1)N1CC(F)(F)CC1CO. The van der Waals surface area contributed by atoms with Crippen LogP contribution in [0, 0.1) is 0 Å². The number of aliphatic hydroxyl groups excluding tert-OH is 1. The quantitative estimate of drug-likeness (QED) is 0.880. The highest BCUT2D eigenvalue weighted by Gasteiger charge is 2.47. The number of likely N-dealkylation sites (tertiary alicyclic amines) is 1. The first-order chi connectivity index (χ1) is 10.4. The van der Waals surface area contributed by atoms with Crippen LogP contribution in [0.4, 0.5) is 8.78 Å². The number of carbonyl (C=O) groups excluding carboxylic acids is 1. The van der Waals surface area contributed by atoms with E-state index >= 15 is 0 Å². The summed E-state index contributed by atoms with van der Waals surface area (Å²) in [4.78, 5) is 27.7. The molecule has 3 rings (SSSR count). The number of nitrogens with one attached hydrogen (secondary N) is 1. The number of aromatic nitrogens is 1. The van der Waals surface area contributed by atoms with Crippen LogP contribution in [0.1, 0.15) is 16.9 Å². The third-order valence-corrected chi connectivity index (χ3v) is 3.83. The van der Waals surface area contributed by atoms with Gasteiger partial charge in [-0.2, -0.15) is 0 Å². The lowest BCUT2D eigenvalue weighted by molar-refractivity contribution is 0.0115. The molecule has 1 aliphatic heterocycles. The van der Waals surface area contributed by atoms with Gasteiger partial charge in [0.15, 0.2) is 0 Å². The number of alkyl halides is 2. The van der Waals surface area contributed by atoms with Crippen LogP contribution in [0.25, 0.3) is 10.8 Å². The van der Waals surface area contributed by atoms with E-state index < -0.39 is 43.0 Å². The van der Waals surface area contributed by atoms with Crippen molar-refractivity contribution in [1.29, 1.82) is 0 Å². The Kier molecular flexibility index (Phi) is 3.44. The molecule has 2 N–H and O–H groups in total. The summed E-state index contributed by atoms with van der Waals surface area (Å²) < 4.78 is 26.9. The number of halogens is 2. The zero-order chi connectivity index (χ0) is 15.9. The number of benzene rings is 1. The molecular weight excluding hydrogens is 294 g/mol. The molecule has 7 heteroatoms. The highest BCUT2D eigenvalue weighted by molar-refractivity contribution is 5.96. The molecular formula is C15H14F2N2O3. The van der Waals surface area contributed by atoms with Gasteiger partial charge in [0, 0.05) is 11.8 Å². The monoisotopic (exact) mass is 308 g/mol. The van der Waals surface area contributed by atoms with E-state index in [0.29, 0.717) is 10.8 Å². The van der Waals surface area contributed by atoms with Gasteiger partial charge in [-0.25, -0.2) is 8.78 Å². The van der Waals surface area contributed by atoms with Crippen molar-refractivity contribution in [2.75, 3.05) is 13.2 Å². The van der Waals surface area contributed by atoms with Crippen molar-refractivity contribution in [2.24, 2.45) is 0 Å². The van der Waals surface area contributed by atoms with Crippen molar-refractivity contribution in [3.63, 3.8) is 0 Å². The summed E-state index contributed by atoms with van der Waals surface area (Å²) >= 11 is 0. The number of H-pyrrole nitrogens is 1. The number of aromatic amines is 1. The molecule has 1 amide bonds. The average molecular weight is 308 g/mol. The zero-order valence-electron chi connectivity index (χ0n) is 11.6. The number of fused-ring (bicyclic) bond motifs is 1. The third kappa shape index (κ3) is 2.48. The van der Waals surface area contributed by atoms with Gasteiger partial charge in [-0.05, 0) is 17.5 Å². The molecule has 1 fully saturated rings. The Bertz CT molecular complexity index is 788. The van der Waals surface area contributed by atoms with Crippen LogP contribution < -0.4 is 5.56 Å². The van der Waals surface area contributed by atoms with Gasteiger partial charge in [-0.1, -0.05) is 18.2 Å². The summed E-state index contributed by atoms with van der Waals surface area (Å²) in [5.74, 6) is -3.74. The minimum atomic E-state index is -3.03. The summed E-state index contributed by atoms with van der Waals surface area (Å²) in [7, 11) is 0. The molecule has 1 aromatic heterocycles. The van der Waals surface area contributed by atoms with Gasteiger partial charge in [0.2, 0.25) is 0 Å². The highest BCUT2D eigenvalue weighted by atomic mass is 19.3. The number of nitrogens with zero attached hydrogens (tertiary/aromatic N) is 1. The van der Waals surface area contributed by atoms with E-state index in [2.05, 4.69) is 4.98 Å². The lowest BCUT2D eigenvalue weighted by atomic mass is 10.1. The van der Waals surface area contributed by atoms with Crippen LogP contribution in [-0.4, -0.2) is 46.0 Å². The minimum absolute atomic E-state index is 0.0557. The van der Waals surface area contributed by atoms with E-state index in [-0.39, 0.29) is 5.69 Å². The Morgan fingerprint density at radius 1 is 1.41 bits per heavy atom. The fourth-order valence-corrected chi connectivity index (χ4v) is 2.78. The predicted octanol–water partition coefficient (Wildman–Crippen LogP) is 1.37. The maximum atomic E-state index is 13.5. The number of aliphatic hydroxyl groups is 1. The second-order valence-electron chi connectivity index (χ2n) is 5.43. The number of carbonyl (C=O) groups is 1. The third-order valence-electron chi connectivity index (χ3n) is 3.83. The van der Waals surface area contributed by atoms with Crippen molar-refractivity contribution in [2.45, 2.75) is 18.4 Å². The second-order valence-corrected chi connectivity index (χ2v) is 5.43. The van der Waals surface area contributed by atoms with E-state index in [1.54, 1.807) is 24.3 Å². The number of rotatable bonds is 2. The molecule has 1 aliphatic rings. The molecule has 22 heavy (non-hydrogen) atoms. The summed E-state index contributed by atoms with van der Waals surface area (Å²) in [6.07, 6.45) is -0.576. The van der Waals surface area contributed by atoms with E-state index in [9.17, 15) is 23.5 Å². The highest BCUT2D eigenvalue weighted by Crippen LogP contribution is 2.32. The summed E-state index contributed by atoms with van der Waals surface area (Å²) in [5.41, 5.74) is -0.507. The van der Waals surface area contributed by atoms with Crippen LogP contribution in [0.3, 0.4) is 0 Å². The van der Waals surface area contributed by atoms with Crippen LogP contribution in [0.2, 0.25) is 0 Å². The van der Waals surface area contributed by atoms with E-state index in [4.69, 9.17) is 0 Å². The van der Waals surface area contributed by atoms with Gasteiger partial charge in [0.25, 0.3) is 17.4 Å². The van der Waals surface area contributed by atoms with Crippen molar-refractivity contribution >= 4 is 16.7 Å². The number of hydrogen-bond donors (Lipinski definition) is 2. The number of amides is 1. The number of hydrogen-bond acceptors (Lipinski definition) is 3. The predicted molar refractivity (Wildman–Crippen MR) is 76.0 cm³/mol. The first-order valence-electron chi connectivity index (χ1n) is 6.83. The Morgan fingerprint density at radius 2 is 2.14 bits per heavy atom. The summed E-state index contributed by atoms with van der Waals surface area (Å²) in [5, 5.41) is 10.2. The molecule has 0 bridgehead atoms. The minimum Gasteiger partial charge on any atom is -0.394 e. The smallest absolute Gasteiger partial charge is 0.270 e. The molecule has 2 heterocycles. The first kappa shape index (κ1) is 14.6. The molecule has 1 saturated heterocycles. The number of pyridine rings is 1. The average Bonchev–Trinajstić information content (AvgIpc) is 2.81. The molecule has 0 radical (unpaired) electrons. The molecule has 1 unspecified atom stereocenters. The lowest BCUT2D eigenvalue weighted by Gasteiger charge is -2.22. The second kappa shape index (κ2) is 5.17. The van der Waals surface area contributed by atoms with E-state index in [1.807, 2.05) is 0 Å². The van der Waals surface area contributed by atoms with Crippen molar-refractivity contribution in [1.82, 2.24) is 9.88 Å². The first-order valence-corrected chi connectivity index (χ1v) is 6.83. The normalized spacial score (nSPS) is 20.5. The molecule has 116 valence electrons. The summed E-state index contributed by atoms with van der Waals surface area (Å²) in [6, 6.07) is 7.21. The van der Waals surface area contributed by atoms with Gasteiger partial charge in [-0.3, -0.25) is 9.59 Å². The molecule has 0 aliphatic carbocycles. The van der Waals surface area contributed by atoms with Gasteiger partial charge in [0.1, 0.15) is 5.69 Å². The zero-order valence-corrected chi connectivity index (χ0v) is 11.6. The maximum absolute atomic E-state index is 13.5. The summed E-state index contributed by atoms with van der Waals surface area (Å²) in [6.45, 7) is -1.30. The fourth-order valence-electron chi connectivity index (χ4n) is 2.78. The standard InChI is InChI=1S/C15H14F2N2O3/c16-15(17)6-10(7-20)19(8-15)14(22)12-5-9-3-1-2-4-11(9)13(21)18-12/h1-5,10,20H,6-8H2,(H,18,21). The van der Waals surface area contributed by atoms with Gasteiger partial charge < -0.3 is 15.0 Å². The molecule has 1 aromatic carbocycles. The molecule has 5 nitrogen and oxygen atoms in total. The van der Waals surface area contributed by atoms with Crippen molar-refractivity contribution in [3.05, 3.63) is 46.4 Å². The topological polar surface area (TPSA) is 73.4 Å². The van der Waals surface area contributed by atoms with Gasteiger partial charge >= 0.3 is 0 Å². The Morgan fingerprint density at radius 3 is 2.86 bits per heavy atom. The van der Waals surface area contributed by atoms with Crippen LogP contribution in [-0.2, 0) is 0 Å². The van der Waals surface area contributed by atoms with E-state index in [0.717, 1.165) is 4.90 Å². The Hall–Kier alpha value is -2.28. The van der Waals surface area contributed by atoms with Crippen molar-refractivity contribution in [3.8, 4) is 0 Å². The van der Waals surface area contributed by atoms with Crippen LogP contribution in [0.5, 0.6) is 0 Å². The Balaban J connectivity index is 2.00. The van der Waals surface area contributed by atoms with E-state index in [1.165, 1.54) is 6.07 Å². The molecule has 2 aromatic rings. The van der Waals surface area contributed by atoms with Crippen LogP contribution >= 0.6 is 0 Å². The van der Waals surface area contributed by atoms with Crippen LogP contribution in [0.15, 0.2) is 35.1 Å². The fraction of sp³-hybridized carbons (Fsp3) is 0.333. The maximum Gasteiger partial charge on any atom is 0.270 e. The Labute approximate surface area is 124 Å².